The lowest BCUT2D eigenvalue weighted by molar-refractivity contribution is 0.416. The van der Waals surface area contributed by atoms with E-state index in [2.05, 4.69) is 9.97 Å². The van der Waals surface area contributed by atoms with E-state index in [9.17, 15) is 4.79 Å². The van der Waals surface area contributed by atoms with Gasteiger partial charge in [0.1, 0.15) is 11.6 Å². The molecule has 0 bridgehead atoms. The van der Waals surface area contributed by atoms with E-state index in [0.29, 0.717) is 21.9 Å². The highest BCUT2D eigenvalue weighted by Gasteiger charge is 2.10. The molecule has 0 radical (unpaired) electrons. The van der Waals surface area contributed by atoms with E-state index in [-0.39, 0.29) is 5.82 Å². The van der Waals surface area contributed by atoms with E-state index in [1.165, 1.54) is 6.20 Å². The number of anilines is 1. The second-order valence-corrected chi connectivity index (χ2v) is 3.80. The van der Waals surface area contributed by atoms with E-state index >= 15 is 0 Å². The van der Waals surface area contributed by atoms with Crippen molar-refractivity contribution in [3.05, 3.63) is 39.9 Å². The lowest BCUT2D eigenvalue weighted by Gasteiger charge is -2.10. The molecule has 0 aliphatic carbocycles. The maximum Gasteiger partial charge on any atom is 0.346 e. The average molecular weight is 252 g/mol. The number of aromatic nitrogens is 2. The van der Waals surface area contributed by atoms with Crippen molar-refractivity contribution in [1.29, 1.82) is 0 Å². The zero-order valence-corrected chi connectivity index (χ0v) is 9.78. The maximum atomic E-state index is 11.0. The predicted octanol–water partition coefficient (Wildman–Crippen LogP) is 1.68. The van der Waals surface area contributed by atoms with Gasteiger partial charge in [0.15, 0.2) is 0 Å². The first-order valence-electron chi connectivity index (χ1n) is 4.80. The molecule has 5 nitrogen and oxygen atoms in total. The number of methoxy groups -OCH3 is 1. The SMILES string of the molecule is COc1ccc(Cl)cc1-c1cnc(=O)[nH]c1N. The van der Waals surface area contributed by atoms with Crippen LogP contribution in [0.2, 0.25) is 5.02 Å². The van der Waals surface area contributed by atoms with Gasteiger partial charge in [0.05, 0.1) is 7.11 Å². The summed E-state index contributed by atoms with van der Waals surface area (Å²) >= 11 is 5.92. The number of nitrogens with one attached hydrogen (secondary N) is 1. The first kappa shape index (κ1) is 11.5. The van der Waals surface area contributed by atoms with Gasteiger partial charge in [0.2, 0.25) is 0 Å². The van der Waals surface area contributed by atoms with E-state index in [1.54, 1.807) is 25.3 Å². The highest BCUT2D eigenvalue weighted by atomic mass is 35.5. The molecule has 0 saturated heterocycles. The second-order valence-electron chi connectivity index (χ2n) is 3.36. The Bertz CT molecular complexity index is 610. The Morgan fingerprint density at radius 1 is 1.41 bits per heavy atom. The fourth-order valence-electron chi connectivity index (χ4n) is 1.51. The molecule has 17 heavy (non-hydrogen) atoms. The summed E-state index contributed by atoms with van der Waals surface area (Å²) in [5.41, 5.74) is 6.49. The van der Waals surface area contributed by atoms with Gasteiger partial charge in [-0.25, -0.2) is 9.78 Å². The quantitative estimate of drug-likeness (QED) is 0.851. The number of ether oxygens (including phenoxy) is 1. The number of hydrogen-bond donors (Lipinski definition) is 2. The zero-order chi connectivity index (χ0) is 12.4. The van der Waals surface area contributed by atoms with Crippen LogP contribution in [0.1, 0.15) is 0 Å². The molecule has 0 spiro atoms. The fraction of sp³-hybridized carbons (Fsp3) is 0.0909. The molecule has 0 saturated carbocycles. The molecule has 88 valence electrons. The number of nitrogen functional groups attached to an aromatic ring is 1. The largest absolute Gasteiger partial charge is 0.496 e. The average Bonchev–Trinajstić information content (AvgIpc) is 2.29. The lowest BCUT2D eigenvalue weighted by Crippen LogP contribution is -2.12. The normalized spacial score (nSPS) is 10.2. The number of hydrogen-bond acceptors (Lipinski definition) is 4. The Hall–Kier alpha value is -2.01. The summed E-state index contributed by atoms with van der Waals surface area (Å²) in [5.74, 6) is 0.834. The van der Waals surface area contributed by atoms with Crippen LogP contribution < -0.4 is 16.2 Å². The van der Waals surface area contributed by atoms with Crippen LogP contribution in [0.5, 0.6) is 5.75 Å². The number of aromatic amines is 1. The van der Waals surface area contributed by atoms with Gasteiger partial charge >= 0.3 is 5.69 Å². The maximum absolute atomic E-state index is 11.0. The van der Waals surface area contributed by atoms with Crippen molar-refractivity contribution < 1.29 is 4.74 Å². The standard InChI is InChI=1S/C11H10ClN3O2/c1-17-9-3-2-6(12)4-7(9)8-5-14-11(16)15-10(8)13/h2-5H,1H3,(H3,13,14,15,16). The van der Waals surface area contributed by atoms with Crippen LogP contribution in [0.4, 0.5) is 5.82 Å². The Balaban J connectivity index is 2.66. The van der Waals surface area contributed by atoms with Crippen LogP contribution in [-0.4, -0.2) is 17.1 Å². The van der Waals surface area contributed by atoms with Gasteiger partial charge in [0, 0.05) is 22.3 Å². The van der Waals surface area contributed by atoms with Crippen LogP contribution in [-0.2, 0) is 0 Å². The van der Waals surface area contributed by atoms with E-state index in [0.717, 1.165) is 0 Å². The molecule has 2 aromatic rings. The minimum atomic E-state index is -0.493. The molecule has 0 aliphatic rings. The first-order valence-corrected chi connectivity index (χ1v) is 5.18. The molecule has 0 atom stereocenters. The molecular formula is C11H10ClN3O2. The van der Waals surface area contributed by atoms with Crippen molar-refractivity contribution in [2.75, 3.05) is 12.8 Å². The van der Waals surface area contributed by atoms with Crippen LogP contribution >= 0.6 is 11.6 Å². The molecule has 0 unspecified atom stereocenters. The molecular weight excluding hydrogens is 242 g/mol. The molecule has 0 fully saturated rings. The smallest absolute Gasteiger partial charge is 0.346 e. The molecule has 1 heterocycles. The minimum Gasteiger partial charge on any atom is -0.496 e. The lowest BCUT2D eigenvalue weighted by atomic mass is 10.1. The first-order chi connectivity index (χ1) is 8.11. The molecule has 2 rings (SSSR count). The fourth-order valence-corrected chi connectivity index (χ4v) is 1.68. The highest BCUT2D eigenvalue weighted by Crippen LogP contribution is 2.33. The molecule has 1 aromatic heterocycles. The Morgan fingerprint density at radius 2 is 2.18 bits per heavy atom. The third kappa shape index (κ3) is 2.24. The van der Waals surface area contributed by atoms with Gasteiger partial charge in [-0.3, -0.25) is 4.98 Å². The van der Waals surface area contributed by atoms with Crippen molar-refractivity contribution in [1.82, 2.24) is 9.97 Å². The Labute approximate surface area is 102 Å². The van der Waals surface area contributed by atoms with Gasteiger partial charge in [-0.05, 0) is 18.2 Å². The highest BCUT2D eigenvalue weighted by molar-refractivity contribution is 6.31. The zero-order valence-electron chi connectivity index (χ0n) is 9.03. The van der Waals surface area contributed by atoms with Gasteiger partial charge in [0.25, 0.3) is 0 Å². The van der Waals surface area contributed by atoms with E-state index < -0.39 is 5.69 Å². The number of nitrogens with zero attached hydrogens (tertiary/aromatic N) is 1. The van der Waals surface area contributed by atoms with Crippen LogP contribution in [0, 0.1) is 0 Å². The summed E-state index contributed by atoms with van der Waals surface area (Å²) in [6, 6.07) is 5.13. The summed E-state index contributed by atoms with van der Waals surface area (Å²) in [4.78, 5) is 17.0. The molecule has 6 heteroatoms. The minimum absolute atomic E-state index is 0.227. The van der Waals surface area contributed by atoms with Gasteiger partial charge < -0.3 is 10.5 Å². The number of benzene rings is 1. The number of rotatable bonds is 2. The predicted molar refractivity (Wildman–Crippen MR) is 66.3 cm³/mol. The van der Waals surface area contributed by atoms with Crippen LogP contribution in [0.25, 0.3) is 11.1 Å². The monoisotopic (exact) mass is 251 g/mol. The topological polar surface area (TPSA) is 81.0 Å². The Kier molecular flexibility index (Phi) is 3.01. The van der Waals surface area contributed by atoms with Crippen LogP contribution in [0.15, 0.2) is 29.2 Å². The second kappa shape index (κ2) is 4.47. The van der Waals surface area contributed by atoms with Crippen molar-refractivity contribution >= 4 is 17.4 Å². The molecule has 1 aromatic carbocycles. The van der Waals surface area contributed by atoms with Gasteiger partial charge in [-0.1, -0.05) is 11.6 Å². The third-order valence-electron chi connectivity index (χ3n) is 2.29. The van der Waals surface area contributed by atoms with E-state index in [1.807, 2.05) is 0 Å². The number of halogens is 1. The van der Waals surface area contributed by atoms with Gasteiger partial charge in [-0.15, -0.1) is 0 Å². The van der Waals surface area contributed by atoms with E-state index in [4.69, 9.17) is 22.1 Å². The van der Waals surface area contributed by atoms with Gasteiger partial charge in [-0.2, -0.15) is 0 Å². The molecule has 0 amide bonds. The summed E-state index contributed by atoms with van der Waals surface area (Å²) < 4.78 is 5.21. The van der Waals surface area contributed by atoms with Crippen molar-refractivity contribution in [2.45, 2.75) is 0 Å². The number of H-pyrrole nitrogens is 1. The van der Waals surface area contributed by atoms with Crippen molar-refractivity contribution in [3.8, 4) is 16.9 Å². The third-order valence-corrected chi connectivity index (χ3v) is 2.53. The summed E-state index contributed by atoms with van der Waals surface area (Å²) in [5, 5.41) is 0.548. The molecule has 3 N–H and O–H groups in total. The van der Waals surface area contributed by atoms with Crippen molar-refractivity contribution in [3.63, 3.8) is 0 Å². The Morgan fingerprint density at radius 3 is 2.82 bits per heavy atom. The number of nitrogens with two attached hydrogens (primary N) is 1. The summed E-state index contributed by atoms with van der Waals surface area (Å²) in [6.45, 7) is 0. The summed E-state index contributed by atoms with van der Waals surface area (Å²) in [6.07, 6.45) is 1.39. The van der Waals surface area contributed by atoms with Crippen LogP contribution in [0.3, 0.4) is 0 Å². The molecule has 0 aliphatic heterocycles. The summed E-state index contributed by atoms with van der Waals surface area (Å²) in [7, 11) is 1.54. The van der Waals surface area contributed by atoms with Crippen molar-refractivity contribution in [2.24, 2.45) is 0 Å².